The third-order valence-corrected chi connectivity index (χ3v) is 3.42. The molecular weight excluding hydrogens is 230 g/mol. The molecule has 2 heterocycles. The van der Waals surface area contributed by atoms with E-state index in [0.717, 1.165) is 25.3 Å². The lowest BCUT2D eigenvalue weighted by molar-refractivity contribution is 0.0690. The molecule has 0 aliphatic carbocycles. The van der Waals surface area contributed by atoms with Gasteiger partial charge >= 0.3 is 5.97 Å². The van der Waals surface area contributed by atoms with E-state index in [4.69, 9.17) is 5.11 Å². The van der Waals surface area contributed by atoms with E-state index < -0.39 is 5.97 Å². The van der Waals surface area contributed by atoms with Crippen molar-refractivity contribution >= 4 is 11.7 Å². The van der Waals surface area contributed by atoms with Crippen molar-refractivity contribution in [3.05, 3.63) is 24.0 Å². The summed E-state index contributed by atoms with van der Waals surface area (Å²) in [5, 5.41) is 12.1. The topological polar surface area (TPSA) is 65.5 Å². The predicted octanol–water partition coefficient (Wildman–Crippen LogP) is 1.53. The summed E-state index contributed by atoms with van der Waals surface area (Å²) in [6.07, 6.45) is 4.01. The summed E-state index contributed by atoms with van der Waals surface area (Å²) in [5.41, 5.74) is 0.971. The zero-order valence-corrected chi connectivity index (χ0v) is 10.6. The smallest absolute Gasteiger partial charge is 0.354 e. The van der Waals surface area contributed by atoms with Gasteiger partial charge in [-0.05, 0) is 51.0 Å². The highest BCUT2D eigenvalue weighted by Crippen LogP contribution is 2.17. The molecule has 0 saturated carbocycles. The fraction of sp³-hybridized carbons (Fsp3) is 0.538. The minimum Gasteiger partial charge on any atom is -0.477 e. The van der Waals surface area contributed by atoms with Crippen LogP contribution in [0.4, 0.5) is 5.69 Å². The van der Waals surface area contributed by atoms with E-state index in [-0.39, 0.29) is 5.69 Å². The van der Waals surface area contributed by atoms with Crippen molar-refractivity contribution in [1.29, 1.82) is 0 Å². The molecule has 2 N–H and O–H groups in total. The standard InChI is InChI=1S/C13H19N3O2/c1-16-6-4-10(5-7-16)8-14-11-2-3-12(13(17)18)15-9-11/h2-3,9-10,14H,4-8H2,1H3,(H,17,18). The van der Waals surface area contributed by atoms with Gasteiger partial charge in [-0.25, -0.2) is 9.78 Å². The fourth-order valence-corrected chi connectivity index (χ4v) is 2.15. The summed E-state index contributed by atoms with van der Waals surface area (Å²) < 4.78 is 0. The van der Waals surface area contributed by atoms with Crippen molar-refractivity contribution in [3.8, 4) is 0 Å². The normalized spacial score (nSPS) is 17.6. The van der Waals surface area contributed by atoms with E-state index in [1.807, 2.05) is 0 Å². The molecule has 0 radical (unpaired) electrons. The summed E-state index contributed by atoms with van der Waals surface area (Å²) in [6.45, 7) is 3.24. The molecule has 1 aliphatic rings. The molecule has 0 aromatic carbocycles. The molecule has 0 bridgehead atoms. The maximum absolute atomic E-state index is 10.7. The molecule has 1 fully saturated rings. The van der Waals surface area contributed by atoms with Gasteiger partial charge < -0.3 is 15.3 Å². The van der Waals surface area contributed by atoms with Crippen molar-refractivity contribution in [2.75, 3.05) is 32.0 Å². The number of likely N-dealkylation sites (tertiary alicyclic amines) is 1. The van der Waals surface area contributed by atoms with Crippen LogP contribution in [0.2, 0.25) is 0 Å². The number of nitrogens with one attached hydrogen (secondary N) is 1. The van der Waals surface area contributed by atoms with Crippen LogP contribution in [-0.2, 0) is 0 Å². The molecule has 1 aromatic rings. The number of hydrogen-bond acceptors (Lipinski definition) is 4. The Kier molecular flexibility index (Phi) is 4.15. The van der Waals surface area contributed by atoms with Gasteiger partial charge in [-0.3, -0.25) is 0 Å². The van der Waals surface area contributed by atoms with Gasteiger partial charge in [0, 0.05) is 6.54 Å². The zero-order valence-electron chi connectivity index (χ0n) is 10.6. The number of carbonyl (C=O) groups is 1. The molecule has 0 amide bonds. The van der Waals surface area contributed by atoms with Crippen molar-refractivity contribution in [1.82, 2.24) is 9.88 Å². The first kappa shape index (κ1) is 12.8. The zero-order chi connectivity index (χ0) is 13.0. The van der Waals surface area contributed by atoms with Gasteiger partial charge in [-0.1, -0.05) is 0 Å². The van der Waals surface area contributed by atoms with Crippen molar-refractivity contribution < 1.29 is 9.90 Å². The second-order valence-corrected chi connectivity index (χ2v) is 4.86. The highest BCUT2D eigenvalue weighted by molar-refractivity contribution is 5.85. The molecular formula is C13H19N3O2. The molecule has 98 valence electrons. The predicted molar refractivity (Wildman–Crippen MR) is 69.9 cm³/mol. The number of rotatable bonds is 4. The van der Waals surface area contributed by atoms with Crippen LogP contribution in [0.3, 0.4) is 0 Å². The van der Waals surface area contributed by atoms with Gasteiger partial charge in [0.25, 0.3) is 0 Å². The second kappa shape index (κ2) is 5.82. The highest BCUT2D eigenvalue weighted by Gasteiger charge is 2.16. The summed E-state index contributed by atoms with van der Waals surface area (Å²) >= 11 is 0. The van der Waals surface area contributed by atoms with E-state index in [1.165, 1.54) is 18.9 Å². The first-order chi connectivity index (χ1) is 8.65. The number of aromatic carboxylic acids is 1. The van der Waals surface area contributed by atoms with Crippen LogP contribution in [0.25, 0.3) is 0 Å². The third kappa shape index (κ3) is 3.43. The van der Waals surface area contributed by atoms with Gasteiger partial charge in [0.15, 0.2) is 0 Å². The van der Waals surface area contributed by atoms with Gasteiger partial charge in [-0.2, -0.15) is 0 Å². The molecule has 2 rings (SSSR count). The molecule has 1 saturated heterocycles. The lowest BCUT2D eigenvalue weighted by Crippen LogP contribution is -2.32. The molecule has 1 aromatic heterocycles. The maximum Gasteiger partial charge on any atom is 0.354 e. The first-order valence-corrected chi connectivity index (χ1v) is 6.27. The monoisotopic (exact) mass is 249 g/mol. The number of pyridine rings is 1. The number of hydrogen-bond donors (Lipinski definition) is 2. The Labute approximate surface area is 107 Å². The Morgan fingerprint density at radius 3 is 2.78 bits per heavy atom. The van der Waals surface area contributed by atoms with Crippen molar-refractivity contribution in [2.45, 2.75) is 12.8 Å². The summed E-state index contributed by atoms with van der Waals surface area (Å²) in [6, 6.07) is 3.30. The summed E-state index contributed by atoms with van der Waals surface area (Å²) in [4.78, 5) is 16.9. The molecule has 5 nitrogen and oxygen atoms in total. The lowest BCUT2D eigenvalue weighted by atomic mass is 9.97. The van der Waals surface area contributed by atoms with Crippen LogP contribution in [-0.4, -0.2) is 47.6 Å². The van der Waals surface area contributed by atoms with Gasteiger partial charge in [0.1, 0.15) is 5.69 Å². The van der Waals surface area contributed by atoms with E-state index >= 15 is 0 Å². The number of piperidine rings is 1. The quantitative estimate of drug-likeness (QED) is 0.847. The van der Waals surface area contributed by atoms with Crippen LogP contribution < -0.4 is 5.32 Å². The van der Waals surface area contributed by atoms with Gasteiger partial charge in [0.05, 0.1) is 11.9 Å². The van der Waals surface area contributed by atoms with E-state index in [1.54, 1.807) is 12.3 Å². The van der Waals surface area contributed by atoms with Crippen molar-refractivity contribution in [2.24, 2.45) is 5.92 Å². The second-order valence-electron chi connectivity index (χ2n) is 4.86. The number of anilines is 1. The number of aromatic nitrogens is 1. The maximum atomic E-state index is 10.7. The van der Waals surface area contributed by atoms with Crippen LogP contribution >= 0.6 is 0 Å². The lowest BCUT2D eigenvalue weighted by Gasteiger charge is -2.29. The number of nitrogens with zero attached hydrogens (tertiary/aromatic N) is 2. The fourth-order valence-electron chi connectivity index (χ4n) is 2.15. The minimum atomic E-state index is -0.989. The Balaban J connectivity index is 1.81. The Morgan fingerprint density at radius 2 is 2.22 bits per heavy atom. The summed E-state index contributed by atoms with van der Waals surface area (Å²) in [5.74, 6) is -0.294. The largest absolute Gasteiger partial charge is 0.477 e. The van der Waals surface area contributed by atoms with Crippen LogP contribution in [0.15, 0.2) is 18.3 Å². The van der Waals surface area contributed by atoms with E-state index in [9.17, 15) is 4.79 Å². The molecule has 0 unspecified atom stereocenters. The molecule has 5 heteroatoms. The first-order valence-electron chi connectivity index (χ1n) is 6.27. The molecule has 1 aliphatic heterocycles. The third-order valence-electron chi connectivity index (χ3n) is 3.42. The SMILES string of the molecule is CN1CCC(CNc2ccc(C(=O)O)nc2)CC1. The molecule has 18 heavy (non-hydrogen) atoms. The minimum absolute atomic E-state index is 0.0832. The molecule has 0 atom stereocenters. The average molecular weight is 249 g/mol. The van der Waals surface area contributed by atoms with Crippen molar-refractivity contribution in [3.63, 3.8) is 0 Å². The van der Waals surface area contributed by atoms with E-state index in [0.29, 0.717) is 5.92 Å². The Morgan fingerprint density at radius 1 is 1.50 bits per heavy atom. The van der Waals surface area contributed by atoms with E-state index in [2.05, 4.69) is 22.2 Å². The number of carboxylic acid groups (broad SMARTS) is 1. The average Bonchev–Trinajstić information content (AvgIpc) is 2.38. The molecule has 0 spiro atoms. The number of carboxylic acids is 1. The summed E-state index contributed by atoms with van der Waals surface area (Å²) in [7, 11) is 2.15. The Bertz CT molecular complexity index is 397. The van der Waals surface area contributed by atoms with Crippen LogP contribution in [0.1, 0.15) is 23.3 Å². The highest BCUT2D eigenvalue weighted by atomic mass is 16.4. The van der Waals surface area contributed by atoms with Gasteiger partial charge in [0.2, 0.25) is 0 Å². The van der Waals surface area contributed by atoms with Crippen LogP contribution in [0.5, 0.6) is 0 Å². The Hall–Kier alpha value is -1.62. The van der Waals surface area contributed by atoms with Gasteiger partial charge in [-0.15, -0.1) is 0 Å². The van der Waals surface area contributed by atoms with Crippen LogP contribution in [0, 0.1) is 5.92 Å².